The number of fused-ring (bicyclic) bond motifs is 1. The number of non-ortho nitro benzene ring substituents is 1. The molecule has 9 nitrogen and oxygen atoms in total. The molecule has 0 bridgehead atoms. The standard InChI is InChI=1S/C20H18N6O3/c1-11-4-3-5-14(10-11)19-23-20-22-12(2)16(18(21)27)17(25(20)24-19)13-6-8-15(9-7-13)26(28)29/h3-10,17H,1-2H3,(H2,21,27)(H,22,23,24). The number of carbonyl (C=O) groups excluding carboxylic acids is 1. The molecule has 1 aliphatic heterocycles. The number of aryl methyl sites for hydroxylation is 1. The topological polar surface area (TPSA) is 129 Å². The molecule has 0 spiro atoms. The van der Waals surface area contributed by atoms with Gasteiger partial charge >= 0.3 is 0 Å². The minimum absolute atomic E-state index is 0.0386. The predicted octanol–water partition coefficient (Wildman–Crippen LogP) is 2.94. The minimum atomic E-state index is -0.643. The number of aromatic nitrogens is 3. The number of nitrogens with one attached hydrogen (secondary N) is 1. The first-order valence-corrected chi connectivity index (χ1v) is 8.90. The van der Waals surface area contributed by atoms with Crippen LogP contribution in [0.5, 0.6) is 0 Å². The van der Waals surface area contributed by atoms with Gasteiger partial charge in [0, 0.05) is 23.4 Å². The van der Waals surface area contributed by atoms with Gasteiger partial charge in [-0.25, -0.2) is 4.68 Å². The van der Waals surface area contributed by atoms with Crippen LogP contribution in [-0.2, 0) is 4.79 Å². The second-order valence-corrected chi connectivity index (χ2v) is 6.85. The van der Waals surface area contributed by atoms with E-state index in [2.05, 4.69) is 15.4 Å². The highest BCUT2D eigenvalue weighted by molar-refractivity contribution is 5.95. The summed E-state index contributed by atoms with van der Waals surface area (Å²) in [4.78, 5) is 27.3. The minimum Gasteiger partial charge on any atom is -0.366 e. The first kappa shape index (κ1) is 18.4. The summed E-state index contributed by atoms with van der Waals surface area (Å²) in [5.41, 5.74) is 9.06. The molecule has 1 unspecified atom stereocenters. The van der Waals surface area contributed by atoms with Crippen LogP contribution in [0.3, 0.4) is 0 Å². The number of benzene rings is 2. The third kappa shape index (κ3) is 3.22. The number of hydrogen-bond donors (Lipinski definition) is 2. The largest absolute Gasteiger partial charge is 0.366 e. The average Bonchev–Trinajstić information content (AvgIpc) is 3.10. The fourth-order valence-corrected chi connectivity index (χ4v) is 3.46. The van der Waals surface area contributed by atoms with E-state index in [1.165, 1.54) is 12.1 Å². The Labute approximate surface area is 166 Å². The molecule has 146 valence electrons. The maximum Gasteiger partial charge on any atom is 0.269 e. The second-order valence-electron chi connectivity index (χ2n) is 6.85. The molecular weight excluding hydrogens is 372 g/mol. The highest BCUT2D eigenvalue weighted by Gasteiger charge is 2.33. The summed E-state index contributed by atoms with van der Waals surface area (Å²) in [5.74, 6) is 0.366. The van der Waals surface area contributed by atoms with Crippen LogP contribution in [0, 0.1) is 17.0 Å². The molecule has 0 saturated carbocycles. The lowest BCUT2D eigenvalue weighted by Crippen LogP contribution is -2.31. The number of allylic oxidation sites excluding steroid dienone is 1. The number of amides is 1. The molecule has 3 aromatic rings. The number of hydrogen-bond acceptors (Lipinski definition) is 6. The number of rotatable bonds is 4. The van der Waals surface area contributed by atoms with Gasteiger partial charge in [-0.05, 0) is 37.6 Å². The summed E-state index contributed by atoms with van der Waals surface area (Å²) < 4.78 is 1.59. The van der Waals surface area contributed by atoms with E-state index in [0.29, 0.717) is 28.6 Å². The molecule has 2 heterocycles. The lowest BCUT2D eigenvalue weighted by molar-refractivity contribution is -0.384. The molecule has 1 amide bonds. The summed E-state index contributed by atoms with van der Waals surface area (Å²) in [7, 11) is 0. The van der Waals surface area contributed by atoms with Crippen LogP contribution in [0.4, 0.5) is 11.6 Å². The van der Waals surface area contributed by atoms with E-state index < -0.39 is 16.9 Å². The van der Waals surface area contributed by atoms with Crippen molar-refractivity contribution in [3.8, 4) is 11.4 Å². The zero-order chi connectivity index (χ0) is 20.7. The molecule has 0 saturated heterocycles. The van der Waals surface area contributed by atoms with E-state index in [1.807, 2.05) is 31.2 Å². The molecule has 29 heavy (non-hydrogen) atoms. The molecule has 2 aromatic carbocycles. The number of nitrogens with two attached hydrogens (primary N) is 1. The Balaban J connectivity index is 1.86. The zero-order valence-corrected chi connectivity index (χ0v) is 15.8. The van der Waals surface area contributed by atoms with Gasteiger partial charge in [0.05, 0.1) is 10.5 Å². The predicted molar refractivity (Wildman–Crippen MR) is 107 cm³/mol. The van der Waals surface area contributed by atoms with Crippen molar-refractivity contribution in [2.45, 2.75) is 19.9 Å². The van der Waals surface area contributed by atoms with Gasteiger partial charge in [-0.15, -0.1) is 5.10 Å². The van der Waals surface area contributed by atoms with Gasteiger partial charge in [0.1, 0.15) is 6.04 Å². The molecule has 9 heteroatoms. The van der Waals surface area contributed by atoms with Crippen molar-refractivity contribution in [1.29, 1.82) is 0 Å². The number of carbonyl (C=O) groups is 1. The molecule has 0 radical (unpaired) electrons. The highest BCUT2D eigenvalue weighted by atomic mass is 16.6. The third-order valence-electron chi connectivity index (χ3n) is 4.81. The van der Waals surface area contributed by atoms with Crippen LogP contribution in [0.1, 0.15) is 24.1 Å². The molecule has 1 aliphatic rings. The Morgan fingerprint density at radius 1 is 1.21 bits per heavy atom. The van der Waals surface area contributed by atoms with E-state index in [0.717, 1.165) is 11.1 Å². The van der Waals surface area contributed by atoms with Crippen LogP contribution in [0.2, 0.25) is 0 Å². The maximum atomic E-state index is 12.2. The van der Waals surface area contributed by atoms with Crippen molar-refractivity contribution < 1.29 is 9.72 Å². The molecular formula is C20H18N6O3. The van der Waals surface area contributed by atoms with Crippen molar-refractivity contribution in [2.24, 2.45) is 5.73 Å². The monoisotopic (exact) mass is 390 g/mol. The van der Waals surface area contributed by atoms with Crippen LogP contribution in [-0.4, -0.2) is 25.6 Å². The summed E-state index contributed by atoms with van der Waals surface area (Å²) in [6.07, 6.45) is 0. The Morgan fingerprint density at radius 3 is 2.55 bits per heavy atom. The average molecular weight is 390 g/mol. The fraction of sp³-hybridized carbons (Fsp3) is 0.150. The van der Waals surface area contributed by atoms with Crippen LogP contribution < -0.4 is 11.1 Å². The first-order valence-electron chi connectivity index (χ1n) is 8.90. The van der Waals surface area contributed by atoms with Gasteiger partial charge < -0.3 is 11.1 Å². The van der Waals surface area contributed by atoms with Crippen LogP contribution in [0.25, 0.3) is 11.4 Å². The van der Waals surface area contributed by atoms with Gasteiger partial charge in [-0.1, -0.05) is 23.8 Å². The molecule has 1 aromatic heterocycles. The van der Waals surface area contributed by atoms with Gasteiger partial charge in [0.2, 0.25) is 11.9 Å². The Kier molecular flexibility index (Phi) is 4.34. The Morgan fingerprint density at radius 2 is 1.93 bits per heavy atom. The maximum absolute atomic E-state index is 12.2. The van der Waals surface area contributed by atoms with E-state index in [-0.39, 0.29) is 5.69 Å². The van der Waals surface area contributed by atoms with Gasteiger partial charge in [-0.3, -0.25) is 14.9 Å². The number of nitro benzene ring substituents is 1. The van der Waals surface area contributed by atoms with Gasteiger partial charge in [0.25, 0.3) is 5.69 Å². The van der Waals surface area contributed by atoms with Crippen molar-refractivity contribution in [2.75, 3.05) is 5.32 Å². The quantitative estimate of drug-likeness (QED) is 0.520. The van der Waals surface area contributed by atoms with Gasteiger partial charge in [-0.2, -0.15) is 4.98 Å². The normalized spacial score (nSPS) is 15.6. The Hall–Kier alpha value is -4.01. The molecule has 1 atom stereocenters. The molecule has 0 aliphatic carbocycles. The lowest BCUT2D eigenvalue weighted by Gasteiger charge is -2.27. The number of anilines is 1. The van der Waals surface area contributed by atoms with Crippen molar-refractivity contribution in [3.05, 3.63) is 81.0 Å². The summed E-state index contributed by atoms with van der Waals surface area (Å²) in [5, 5.41) is 18.7. The van der Waals surface area contributed by atoms with E-state index in [4.69, 9.17) is 5.73 Å². The Bertz CT molecular complexity index is 1160. The summed E-state index contributed by atoms with van der Waals surface area (Å²) >= 11 is 0. The first-order chi connectivity index (χ1) is 13.8. The van der Waals surface area contributed by atoms with Crippen molar-refractivity contribution in [3.63, 3.8) is 0 Å². The number of nitrogens with zero attached hydrogens (tertiary/aromatic N) is 4. The summed E-state index contributed by atoms with van der Waals surface area (Å²) in [6, 6.07) is 13.1. The molecule has 4 rings (SSSR count). The zero-order valence-electron chi connectivity index (χ0n) is 15.8. The van der Waals surface area contributed by atoms with E-state index in [1.54, 1.807) is 23.7 Å². The fourth-order valence-electron chi connectivity index (χ4n) is 3.46. The van der Waals surface area contributed by atoms with Crippen molar-refractivity contribution >= 4 is 17.5 Å². The number of primary amides is 1. The van der Waals surface area contributed by atoms with E-state index >= 15 is 0 Å². The molecule has 0 fully saturated rings. The van der Waals surface area contributed by atoms with Crippen molar-refractivity contribution in [1.82, 2.24) is 14.8 Å². The SMILES string of the molecule is CC1=C(C(N)=O)C(c2ccc([N+](=O)[O-])cc2)n2nc(-c3cccc(C)c3)nc2N1. The molecule has 3 N–H and O–H groups in total. The number of nitro groups is 1. The second kappa shape index (κ2) is 6.86. The smallest absolute Gasteiger partial charge is 0.269 e. The van der Waals surface area contributed by atoms with E-state index in [9.17, 15) is 14.9 Å². The third-order valence-corrected chi connectivity index (χ3v) is 4.81. The van der Waals surface area contributed by atoms with Crippen LogP contribution in [0.15, 0.2) is 59.8 Å². The summed E-state index contributed by atoms with van der Waals surface area (Å²) in [6.45, 7) is 3.72. The highest BCUT2D eigenvalue weighted by Crippen LogP contribution is 2.36. The van der Waals surface area contributed by atoms with Crippen LogP contribution >= 0.6 is 0 Å². The lowest BCUT2D eigenvalue weighted by atomic mass is 9.95. The van der Waals surface area contributed by atoms with Gasteiger partial charge in [0.15, 0.2) is 5.82 Å².